The monoisotopic (exact) mass is 567 g/mol. The van der Waals surface area contributed by atoms with Crippen LogP contribution < -0.4 is 19.7 Å². The standard InChI is InChI=1S/C32H37N7O3/c1-31(2,40)20-42-26-9-27(30-25(12-33)16-37-39(30)19-26)22-6-7-28(34-15-22)38-17-23-10-32(3,11-24(23)18-38)36-14-21-5-8-29(41-4)35-13-21/h5-9,13,15-16,19,23-24,36,40H,10-11,14,17-18,20H2,1-4H3. The van der Waals surface area contributed by atoms with Crippen LogP contribution in [-0.2, 0) is 6.54 Å². The fraction of sp³-hybridized carbons (Fsp3) is 0.438. The second-order valence-corrected chi connectivity index (χ2v) is 12.5. The molecule has 0 radical (unpaired) electrons. The zero-order chi connectivity index (χ0) is 29.5. The van der Waals surface area contributed by atoms with Gasteiger partial charge >= 0.3 is 0 Å². The molecule has 2 unspecified atom stereocenters. The molecule has 0 bridgehead atoms. The third-order valence-corrected chi connectivity index (χ3v) is 8.41. The van der Waals surface area contributed by atoms with E-state index in [-0.39, 0.29) is 12.1 Å². The zero-order valence-corrected chi connectivity index (χ0v) is 24.5. The third-order valence-electron chi connectivity index (χ3n) is 8.41. The SMILES string of the molecule is COc1ccc(CNC2(C)CC3CN(c4ccc(-c5cc(OCC(C)(C)O)cn6ncc(C#N)c56)cn4)CC3C2)cn1. The van der Waals surface area contributed by atoms with Crippen molar-refractivity contribution in [1.82, 2.24) is 24.9 Å². The first-order valence-electron chi connectivity index (χ1n) is 14.3. The molecule has 42 heavy (non-hydrogen) atoms. The molecular formula is C32H37N7O3. The molecule has 0 aromatic carbocycles. The van der Waals surface area contributed by atoms with Crippen LogP contribution in [0, 0.1) is 23.2 Å². The lowest BCUT2D eigenvalue weighted by atomic mass is 9.97. The van der Waals surface area contributed by atoms with E-state index in [9.17, 15) is 10.4 Å². The van der Waals surface area contributed by atoms with E-state index in [4.69, 9.17) is 14.5 Å². The highest BCUT2D eigenvalue weighted by atomic mass is 16.5. The van der Waals surface area contributed by atoms with Gasteiger partial charge in [-0.2, -0.15) is 10.4 Å². The summed E-state index contributed by atoms with van der Waals surface area (Å²) in [6.45, 7) is 8.63. The number of nitriles is 1. The molecule has 1 aliphatic carbocycles. The quantitative estimate of drug-likeness (QED) is 0.306. The fourth-order valence-corrected chi connectivity index (χ4v) is 6.40. The van der Waals surface area contributed by atoms with Crippen LogP contribution in [0.1, 0.15) is 44.7 Å². The minimum absolute atomic E-state index is 0.103. The number of rotatable bonds is 9. The van der Waals surface area contributed by atoms with Gasteiger partial charge in [-0.3, -0.25) is 0 Å². The van der Waals surface area contributed by atoms with Crippen LogP contribution in [0.25, 0.3) is 16.6 Å². The Balaban J connectivity index is 1.14. The largest absolute Gasteiger partial charge is 0.489 e. The Labute approximate surface area is 245 Å². The number of aromatic nitrogens is 4. The van der Waals surface area contributed by atoms with E-state index in [2.05, 4.69) is 45.4 Å². The predicted molar refractivity (Wildman–Crippen MR) is 159 cm³/mol. The lowest BCUT2D eigenvalue weighted by molar-refractivity contribution is 0.0283. The molecule has 4 aromatic heterocycles. The number of nitrogens with zero attached hydrogens (tertiary/aromatic N) is 6. The van der Waals surface area contributed by atoms with E-state index in [0.717, 1.165) is 55.0 Å². The molecule has 1 saturated carbocycles. The minimum Gasteiger partial charge on any atom is -0.489 e. The summed E-state index contributed by atoms with van der Waals surface area (Å²) in [5.41, 5.74) is 3.15. The number of fused-ring (bicyclic) bond motifs is 2. The molecule has 2 fully saturated rings. The highest BCUT2D eigenvalue weighted by Gasteiger charge is 2.46. The second-order valence-electron chi connectivity index (χ2n) is 12.5. The molecule has 218 valence electrons. The first-order chi connectivity index (χ1) is 20.1. The van der Waals surface area contributed by atoms with Crippen molar-refractivity contribution in [3.63, 3.8) is 0 Å². The van der Waals surface area contributed by atoms with Crippen molar-refractivity contribution < 1.29 is 14.6 Å². The molecular weight excluding hydrogens is 530 g/mol. The normalized spacial score (nSPS) is 21.9. The number of pyridine rings is 3. The van der Waals surface area contributed by atoms with Crippen molar-refractivity contribution in [2.45, 2.75) is 51.3 Å². The van der Waals surface area contributed by atoms with Gasteiger partial charge in [0, 0.05) is 54.8 Å². The van der Waals surface area contributed by atoms with Crippen molar-refractivity contribution in [3.8, 4) is 28.8 Å². The molecule has 0 amide bonds. The molecule has 10 heteroatoms. The van der Waals surface area contributed by atoms with Crippen LogP contribution in [0.3, 0.4) is 0 Å². The number of nitrogens with one attached hydrogen (secondary N) is 1. The zero-order valence-electron chi connectivity index (χ0n) is 24.5. The average molecular weight is 568 g/mol. The van der Waals surface area contributed by atoms with Crippen LogP contribution in [0.15, 0.2) is 55.1 Å². The Hall–Kier alpha value is -4.20. The summed E-state index contributed by atoms with van der Waals surface area (Å²) in [6, 6.07) is 12.2. The first kappa shape index (κ1) is 27.9. The van der Waals surface area contributed by atoms with E-state index < -0.39 is 5.60 Å². The van der Waals surface area contributed by atoms with Crippen LogP contribution in [0.2, 0.25) is 0 Å². The van der Waals surface area contributed by atoms with Gasteiger partial charge in [0.05, 0.1) is 36.2 Å². The van der Waals surface area contributed by atoms with Gasteiger partial charge in [0.1, 0.15) is 24.2 Å². The summed E-state index contributed by atoms with van der Waals surface area (Å²) in [5.74, 6) is 3.39. The van der Waals surface area contributed by atoms with Crippen LogP contribution in [-0.4, -0.2) is 62.6 Å². The topological polar surface area (TPSA) is 121 Å². The lowest BCUT2D eigenvalue weighted by Crippen LogP contribution is -2.41. The van der Waals surface area contributed by atoms with Crippen LogP contribution >= 0.6 is 0 Å². The molecule has 6 rings (SSSR count). The summed E-state index contributed by atoms with van der Waals surface area (Å²) in [7, 11) is 1.63. The summed E-state index contributed by atoms with van der Waals surface area (Å²) >= 11 is 0. The Morgan fingerprint density at radius 3 is 2.52 bits per heavy atom. The van der Waals surface area contributed by atoms with E-state index in [1.165, 1.54) is 0 Å². The van der Waals surface area contributed by atoms with Gasteiger partial charge in [-0.1, -0.05) is 6.07 Å². The molecule has 1 saturated heterocycles. The maximum atomic E-state index is 10.1. The Kier molecular flexibility index (Phi) is 7.25. The maximum absolute atomic E-state index is 10.1. The van der Waals surface area contributed by atoms with E-state index in [1.807, 2.05) is 30.6 Å². The Bertz CT molecular complexity index is 1590. The number of hydrogen-bond donors (Lipinski definition) is 2. The van der Waals surface area contributed by atoms with Gasteiger partial charge in [-0.15, -0.1) is 0 Å². The van der Waals surface area contributed by atoms with Crippen molar-refractivity contribution in [1.29, 1.82) is 5.26 Å². The van der Waals surface area contributed by atoms with Crippen molar-refractivity contribution in [2.75, 3.05) is 31.7 Å². The Morgan fingerprint density at radius 1 is 1.12 bits per heavy atom. The highest BCUT2D eigenvalue weighted by molar-refractivity contribution is 5.85. The predicted octanol–water partition coefficient (Wildman–Crippen LogP) is 4.22. The molecule has 1 aliphatic heterocycles. The van der Waals surface area contributed by atoms with Gasteiger partial charge in [-0.25, -0.2) is 14.5 Å². The number of anilines is 1. The molecule has 2 atom stereocenters. The van der Waals surface area contributed by atoms with Crippen molar-refractivity contribution >= 4 is 11.3 Å². The van der Waals surface area contributed by atoms with Gasteiger partial charge < -0.3 is 24.8 Å². The van der Waals surface area contributed by atoms with Crippen molar-refractivity contribution in [2.24, 2.45) is 11.8 Å². The third kappa shape index (κ3) is 5.75. The van der Waals surface area contributed by atoms with Gasteiger partial charge in [-0.05, 0) is 69.2 Å². The minimum atomic E-state index is -0.976. The van der Waals surface area contributed by atoms with Crippen molar-refractivity contribution in [3.05, 3.63) is 66.2 Å². The van der Waals surface area contributed by atoms with Gasteiger partial charge in [0.2, 0.25) is 5.88 Å². The first-order valence-corrected chi connectivity index (χ1v) is 14.3. The summed E-state index contributed by atoms with van der Waals surface area (Å²) < 4.78 is 12.7. The fourth-order valence-electron chi connectivity index (χ4n) is 6.40. The van der Waals surface area contributed by atoms with Crippen LogP contribution in [0.4, 0.5) is 5.82 Å². The molecule has 2 N–H and O–H groups in total. The molecule has 2 aliphatic rings. The van der Waals surface area contributed by atoms with Crippen LogP contribution in [0.5, 0.6) is 11.6 Å². The lowest BCUT2D eigenvalue weighted by Gasteiger charge is -2.29. The van der Waals surface area contributed by atoms with E-state index in [0.29, 0.717) is 34.5 Å². The Morgan fingerprint density at radius 2 is 1.90 bits per heavy atom. The van der Waals surface area contributed by atoms with E-state index in [1.54, 1.807) is 37.9 Å². The number of methoxy groups -OCH3 is 1. The second kappa shape index (κ2) is 10.9. The molecule has 5 heterocycles. The summed E-state index contributed by atoms with van der Waals surface area (Å²) in [6.07, 6.45) is 9.28. The number of aliphatic hydroxyl groups is 1. The summed E-state index contributed by atoms with van der Waals surface area (Å²) in [4.78, 5) is 11.6. The van der Waals surface area contributed by atoms with E-state index >= 15 is 0 Å². The average Bonchev–Trinajstić information content (AvgIpc) is 3.66. The number of hydrogen-bond acceptors (Lipinski definition) is 9. The molecule has 4 aromatic rings. The maximum Gasteiger partial charge on any atom is 0.212 e. The molecule has 10 nitrogen and oxygen atoms in total. The molecule has 0 spiro atoms. The number of ether oxygens (including phenoxy) is 2. The van der Waals surface area contributed by atoms with Gasteiger partial charge in [0.25, 0.3) is 0 Å². The van der Waals surface area contributed by atoms with Gasteiger partial charge in [0.15, 0.2) is 0 Å². The summed E-state index contributed by atoms with van der Waals surface area (Å²) in [5, 5.41) is 28.0. The smallest absolute Gasteiger partial charge is 0.212 e. The highest BCUT2D eigenvalue weighted by Crippen LogP contribution is 2.45.